The van der Waals surface area contributed by atoms with Crippen molar-refractivity contribution in [1.82, 2.24) is 19.8 Å². The largest absolute Gasteiger partial charge is 0.444 e. The molecule has 1 fully saturated rings. The van der Waals surface area contributed by atoms with E-state index in [1.165, 1.54) is 5.56 Å². The van der Waals surface area contributed by atoms with E-state index in [-0.39, 0.29) is 30.9 Å². The van der Waals surface area contributed by atoms with Crippen LogP contribution in [0.5, 0.6) is 0 Å². The van der Waals surface area contributed by atoms with Gasteiger partial charge in [-0.3, -0.25) is 9.80 Å². The average molecular weight is 579 g/mol. The average Bonchev–Trinajstić information content (AvgIpc) is 2.95. The lowest BCUT2D eigenvalue weighted by atomic mass is 9.95. The molecule has 4 aliphatic heterocycles. The summed E-state index contributed by atoms with van der Waals surface area (Å²) in [5, 5.41) is 3.43. The SMILES string of the molecule is C[C@@H]1Nc2ncc3c(n2)N(C(=O)OC3)[C@@H](C)CCCCCCC(N2CCN(C(=O)OC(C)(C)C)CC2)c2ccc1cc2. The molecule has 1 aromatic heterocycles. The molecule has 1 aromatic carbocycles. The molecule has 4 aliphatic rings. The molecule has 1 N–H and O–H groups in total. The summed E-state index contributed by atoms with van der Waals surface area (Å²) in [5.74, 6) is 1.15. The van der Waals surface area contributed by atoms with Crippen LogP contribution in [0.2, 0.25) is 0 Å². The molecule has 2 aromatic rings. The second kappa shape index (κ2) is 12.9. The topological polar surface area (TPSA) is 100 Å². The third-order valence-corrected chi connectivity index (χ3v) is 8.48. The molecule has 10 heteroatoms. The number of benzene rings is 1. The Balaban J connectivity index is 1.33. The van der Waals surface area contributed by atoms with Crippen molar-refractivity contribution in [2.75, 3.05) is 36.4 Å². The molecule has 0 saturated carbocycles. The molecule has 228 valence electrons. The maximum absolute atomic E-state index is 12.8. The van der Waals surface area contributed by atoms with Crippen LogP contribution in [-0.2, 0) is 16.1 Å². The van der Waals surface area contributed by atoms with Crippen LogP contribution in [0.3, 0.4) is 0 Å². The van der Waals surface area contributed by atoms with E-state index in [4.69, 9.17) is 14.5 Å². The zero-order chi connectivity index (χ0) is 29.9. The number of ether oxygens (including phenoxy) is 2. The third-order valence-electron chi connectivity index (χ3n) is 8.48. The maximum atomic E-state index is 12.8. The van der Waals surface area contributed by atoms with Crippen molar-refractivity contribution in [2.24, 2.45) is 0 Å². The number of piperazine rings is 1. The van der Waals surface area contributed by atoms with Crippen molar-refractivity contribution in [1.29, 1.82) is 0 Å². The molecule has 1 saturated heterocycles. The number of hydrogen-bond acceptors (Lipinski definition) is 8. The second-order valence-electron chi connectivity index (χ2n) is 12.9. The summed E-state index contributed by atoms with van der Waals surface area (Å²) in [6, 6.07) is 9.12. The Morgan fingerprint density at radius 3 is 2.33 bits per heavy atom. The molecular weight excluding hydrogens is 532 g/mol. The van der Waals surface area contributed by atoms with E-state index < -0.39 is 5.60 Å². The van der Waals surface area contributed by atoms with Gasteiger partial charge in [0, 0.05) is 44.5 Å². The molecule has 3 atom stereocenters. The number of anilines is 2. The number of cyclic esters (lactones) is 1. The van der Waals surface area contributed by atoms with E-state index in [9.17, 15) is 9.59 Å². The quantitative estimate of drug-likeness (QED) is 0.413. The van der Waals surface area contributed by atoms with E-state index in [0.29, 0.717) is 30.9 Å². The highest BCUT2D eigenvalue weighted by atomic mass is 16.6. The number of rotatable bonds is 1. The van der Waals surface area contributed by atoms with Crippen LogP contribution < -0.4 is 10.2 Å². The zero-order valence-corrected chi connectivity index (χ0v) is 25.8. The highest BCUT2D eigenvalue weighted by Gasteiger charge is 2.33. The van der Waals surface area contributed by atoms with Crippen LogP contribution >= 0.6 is 0 Å². The fourth-order valence-corrected chi connectivity index (χ4v) is 6.11. The second-order valence-corrected chi connectivity index (χ2v) is 12.9. The molecule has 1 unspecified atom stereocenters. The van der Waals surface area contributed by atoms with Crippen LogP contribution in [-0.4, -0.2) is 69.8 Å². The number of nitrogens with zero attached hydrogens (tertiary/aromatic N) is 5. The Hall–Kier alpha value is -3.40. The van der Waals surface area contributed by atoms with Gasteiger partial charge in [0.2, 0.25) is 5.95 Å². The Bertz CT molecular complexity index is 1240. The van der Waals surface area contributed by atoms with Crippen molar-refractivity contribution in [2.45, 2.75) is 103 Å². The smallest absolute Gasteiger partial charge is 0.416 e. The summed E-state index contributed by atoms with van der Waals surface area (Å²) in [6.07, 6.45) is 7.53. The molecule has 4 bridgehead atoms. The monoisotopic (exact) mass is 578 g/mol. The van der Waals surface area contributed by atoms with Gasteiger partial charge in [-0.15, -0.1) is 0 Å². The van der Waals surface area contributed by atoms with Gasteiger partial charge in [-0.25, -0.2) is 14.6 Å². The number of aromatic nitrogens is 2. The minimum absolute atomic E-state index is 0.0172. The summed E-state index contributed by atoms with van der Waals surface area (Å²) in [7, 11) is 0. The zero-order valence-electron chi connectivity index (χ0n) is 25.8. The molecule has 0 radical (unpaired) electrons. The highest BCUT2D eigenvalue weighted by Crippen LogP contribution is 2.32. The summed E-state index contributed by atoms with van der Waals surface area (Å²) in [6.45, 7) is 13.1. The summed E-state index contributed by atoms with van der Waals surface area (Å²) in [4.78, 5) is 40.8. The first-order valence-corrected chi connectivity index (χ1v) is 15.5. The van der Waals surface area contributed by atoms with E-state index in [2.05, 4.69) is 53.3 Å². The summed E-state index contributed by atoms with van der Waals surface area (Å²) < 4.78 is 11.1. The predicted molar refractivity (Wildman–Crippen MR) is 162 cm³/mol. The third kappa shape index (κ3) is 7.14. The lowest BCUT2D eigenvalue weighted by Gasteiger charge is -2.40. The van der Waals surface area contributed by atoms with Crippen LogP contribution in [0, 0.1) is 0 Å². The Morgan fingerprint density at radius 2 is 1.64 bits per heavy atom. The van der Waals surface area contributed by atoms with E-state index in [0.717, 1.165) is 62.7 Å². The maximum Gasteiger partial charge on any atom is 0.416 e. The van der Waals surface area contributed by atoms with Gasteiger partial charge in [0.25, 0.3) is 0 Å². The number of carbonyl (C=O) groups is 2. The Morgan fingerprint density at radius 1 is 0.976 bits per heavy atom. The van der Waals surface area contributed by atoms with Gasteiger partial charge in [0.05, 0.1) is 11.6 Å². The van der Waals surface area contributed by atoms with Crippen LogP contribution in [0.1, 0.15) is 102 Å². The fourth-order valence-electron chi connectivity index (χ4n) is 6.11. The van der Waals surface area contributed by atoms with E-state index in [1.807, 2.05) is 25.7 Å². The first-order chi connectivity index (χ1) is 20.1. The standard InChI is InChI=1S/C32H46N6O4/c1-22-10-8-6-7-9-11-27(36-16-18-37(19-17-36)30(39)42-32(3,4)5)25-14-12-24(13-15-25)23(2)34-29-33-20-26-21-41-31(40)38(22)28(26)35-29/h12-15,20,22-23,27H,6-11,16-19,21H2,1-5H3,(H,33,34,35)/t22-,23-,27?/m0/s1. The number of fused-ring (bicyclic) bond motifs is 10. The number of carbonyl (C=O) groups excluding carboxylic acids is 2. The van der Waals surface area contributed by atoms with Gasteiger partial charge in [-0.05, 0) is 58.6 Å². The number of nitrogens with one attached hydrogen (secondary N) is 1. The van der Waals surface area contributed by atoms with Gasteiger partial charge in [0.15, 0.2) is 0 Å². The molecule has 42 heavy (non-hydrogen) atoms. The molecule has 6 rings (SSSR count). The lowest BCUT2D eigenvalue weighted by molar-refractivity contribution is 0.00958. The first-order valence-electron chi connectivity index (χ1n) is 15.5. The first kappa shape index (κ1) is 30.1. The molecule has 0 aliphatic carbocycles. The van der Waals surface area contributed by atoms with Crippen LogP contribution in [0.4, 0.5) is 21.4 Å². The minimum Gasteiger partial charge on any atom is -0.444 e. The van der Waals surface area contributed by atoms with Crippen molar-refractivity contribution >= 4 is 24.0 Å². The molecule has 5 heterocycles. The molecule has 2 amide bonds. The molecular formula is C32H46N6O4. The van der Waals surface area contributed by atoms with Crippen molar-refractivity contribution in [3.05, 3.63) is 47.2 Å². The minimum atomic E-state index is -0.490. The van der Waals surface area contributed by atoms with Gasteiger partial charge in [-0.2, -0.15) is 4.98 Å². The predicted octanol–water partition coefficient (Wildman–Crippen LogP) is 6.44. The van der Waals surface area contributed by atoms with Gasteiger partial charge in [-0.1, -0.05) is 49.9 Å². The van der Waals surface area contributed by atoms with Crippen LogP contribution in [0.25, 0.3) is 0 Å². The number of hydrogen-bond donors (Lipinski definition) is 1. The van der Waals surface area contributed by atoms with E-state index in [1.54, 1.807) is 11.1 Å². The van der Waals surface area contributed by atoms with Crippen molar-refractivity contribution in [3.63, 3.8) is 0 Å². The van der Waals surface area contributed by atoms with Crippen molar-refractivity contribution in [3.8, 4) is 0 Å². The van der Waals surface area contributed by atoms with Crippen LogP contribution in [0.15, 0.2) is 30.5 Å². The van der Waals surface area contributed by atoms with Gasteiger partial charge >= 0.3 is 12.2 Å². The van der Waals surface area contributed by atoms with Gasteiger partial charge in [0.1, 0.15) is 18.0 Å². The lowest BCUT2D eigenvalue weighted by Crippen LogP contribution is -2.50. The summed E-state index contributed by atoms with van der Waals surface area (Å²) >= 11 is 0. The fraction of sp³-hybridized carbons (Fsp3) is 0.625. The van der Waals surface area contributed by atoms with E-state index >= 15 is 0 Å². The molecule has 0 spiro atoms. The summed E-state index contributed by atoms with van der Waals surface area (Å²) in [5.41, 5.74) is 2.79. The highest BCUT2D eigenvalue weighted by molar-refractivity contribution is 5.89. The Kier molecular flexibility index (Phi) is 9.20. The normalized spacial score (nSPS) is 24.3. The number of amides is 2. The molecule has 10 nitrogen and oxygen atoms in total. The van der Waals surface area contributed by atoms with Crippen molar-refractivity contribution < 1.29 is 19.1 Å². The Labute approximate surface area is 249 Å². The van der Waals surface area contributed by atoms with Gasteiger partial charge < -0.3 is 19.7 Å².